The molecule has 1 saturated heterocycles. The maximum Gasteiger partial charge on any atom is 0.320 e. The van der Waals surface area contributed by atoms with Gasteiger partial charge in [0.1, 0.15) is 11.6 Å². The molecule has 10 heteroatoms. The molecule has 2 aromatic carbocycles. The van der Waals surface area contributed by atoms with E-state index in [9.17, 15) is 14.0 Å². The number of hydrogen-bond acceptors (Lipinski definition) is 4. The molecule has 0 bridgehead atoms. The number of nitrogens with one attached hydrogen (secondary N) is 3. The highest BCUT2D eigenvalue weighted by Crippen LogP contribution is 2.30. The number of para-hydroxylation sites is 1. The van der Waals surface area contributed by atoms with E-state index < -0.39 is 11.8 Å². The van der Waals surface area contributed by atoms with Crippen LogP contribution in [0.5, 0.6) is 0 Å². The molecule has 1 fully saturated rings. The Balaban J connectivity index is 1.56. The second-order valence-corrected chi connectivity index (χ2v) is 8.79. The summed E-state index contributed by atoms with van der Waals surface area (Å²) >= 11 is 6.10. The number of carbonyl (C=O) groups is 1. The molecule has 0 saturated carbocycles. The van der Waals surface area contributed by atoms with Crippen LogP contribution in [0.15, 0.2) is 53.3 Å². The van der Waals surface area contributed by atoms with Crippen LogP contribution in [-0.2, 0) is 4.74 Å². The third kappa shape index (κ3) is 5.32. The lowest BCUT2D eigenvalue weighted by molar-refractivity contribution is 0.159. The molecule has 180 valence electrons. The zero-order chi connectivity index (χ0) is 24.2. The quantitative estimate of drug-likeness (QED) is 0.475. The zero-order valence-corrected chi connectivity index (χ0v) is 19.7. The topological polar surface area (TPSA) is 91.4 Å². The number of carbonyl (C=O) groups excluding carboxylic acids is 1. The summed E-state index contributed by atoms with van der Waals surface area (Å²) in [6.45, 7) is 4.05. The van der Waals surface area contributed by atoms with Gasteiger partial charge in [-0.05, 0) is 42.8 Å². The van der Waals surface area contributed by atoms with Crippen LogP contribution in [0.3, 0.4) is 0 Å². The molecule has 1 aromatic heterocycles. The summed E-state index contributed by atoms with van der Waals surface area (Å²) in [6.07, 6.45) is 0. The molecule has 34 heavy (non-hydrogen) atoms. The lowest BCUT2D eigenvalue weighted by Gasteiger charge is -2.21. The first-order valence-electron chi connectivity index (χ1n) is 11.0. The van der Waals surface area contributed by atoms with Crippen molar-refractivity contribution in [3.05, 3.63) is 80.9 Å². The van der Waals surface area contributed by atoms with Gasteiger partial charge in [-0.25, -0.2) is 13.9 Å². The van der Waals surface area contributed by atoms with Gasteiger partial charge in [-0.3, -0.25) is 20.1 Å². The summed E-state index contributed by atoms with van der Waals surface area (Å²) < 4.78 is 20.8. The Bertz CT molecular complexity index is 1190. The molecule has 3 aromatic rings. The second-order valence-electron chi connectivity index (χ2n) is 8.35. The number of aromatic nitrogens is 2. The minimum Gasteiger partial charge on any atom is -0.383 e. The molecule has 0 spiro atoms. The van der Waals surface area contributed by atoms with Crippen LogP contribution in [0.4, 0.5) is 15.0 Å². The summed E-state index contributed by atoms with van der Waals surface area (Å²) in [6, 6.07) is 12.9. The van der Waals surface area contributed by atoms with Crippen molar-refractivity contribution in [3.8, 4) is 5.69 Å². The molecular weight excluding hydrogens is 461 g/mol. The van der Waals surface area contributed by atoms with E-state index in [1.807, 2.05) is 30.3 Å². The van der Waals surface area contributed by atoms with E-state index in [1.165, 1.54) is 12.1 Å². The largest absolute Gasteiger partial charge is 0.383 e. The first-order valence-corrected chi connectivity index (χ1v) is 11.4. The van der Waals surface area contributed by atoms with Crippen LogP contribution >= 0.6 is 11.6 Å². The fraction of sp³-hybridized carbons (Fsp3) is 0.333. The molecule has 0 aliphatic carbocycles. The Morgan fingerprint density at radius 2 is 2.00 bits per heavy atom. The molecule has 3 N–H and O–H groups in total. The number of rotatable bonds is 7. The number of nitrogens with zero attached hydrogens (tertiary/aromatic N) is 2. The van der Waals surface area contributed by atoms with Gasteiger partial charge in [-0.1, -0.05) is 29.8 Å². The number of urea groups is 1. The van der Waals surface area contributed by atoms with Crippen LogP contribution in [-0.4, -0.2) is 60.1 Å². The third-order valence-corrected chi connectivity index (χ3v) is 6.23. The van der Waals surface area contributed by atoms with Gasteiger partial charge < -0.3 is 10.1 Å². The van der Waals surface area contributed by atoms with Crippen LogP contribution in [0, 0.1) is 12.7 Å². The average molecular weight is 488 g/mol. The molecule has 2 heterocycles. The summed E-state index contributed by atoms with van der Waals surface area (Å²) in [7, 11) is 1.63. The van der Waals surface area contributed by atoms with E-state index >= 15 is 0 Å². The van der Waals surface area contributed by atoms with Gasteiger partial charge in [0.25, 0.3) is 5.56 Å². The van der Waals surface area contributed by atoms with E-state index in [2.05, 4.69) is 20.6 Å². The first-order chi connectivity index (χ1) is 16.4. The van der Waals surface area contributed by atoms with Crippen molar-refractivity contribution in [2.75, 3.05) is 38.7 Å². The fourth-order valence-electron chi connectivity index (χ4n) is 4.31. The molecule has 0 unspecified atom stereocenters. The monoisotopic (exact) mass is 487 g/mol. The summed E-state index contributed by atoms with van der Waals surface area (Å²) in [4.78, 5) is 27.5. The van der Waals surface area contributed by atoms with Crippen LogP contribution < -0.4 is 16.2 Å². The molecule has 0 radical (unpaired) electrons. The lowest BCUT2D eigenvalue weighted by Crippen LogP contribution is -2.42. The van der Waals surface area contributed by atoms with Gasteiger partial charge >= 0.3 is 6.03 Å². The summed E-state index contributed by atoms with van der Waals surface area (Å²) in [5.74, 6) is -0.233. The number of ether oxygens (including phenoxy) is 1. The summed E-state index contributed by atoms with van der Waals surface area (Å²) in [5.41, 5.74) is 1.52. The van der Waals surface area contributed by atoms with Crippen molar-refractivity contribution in [1.82, 2.24) is 20.0 Å². The standard InChI is InChI=1S/C24H27ClFN5O3/c1-15-22(31(29-23(15)32)19-6-4-3-5-7-19)28-24(33)27-21-14-30(8-9-34-2)13-20(21)16-10-17(25)12-18(26)11-16/h3-7,10-12,20-21H,8-9,13-14H2,1-2H3,(H,29,32)(H2,27,28,33)/t20-,21+/m0/s1. The van der Waals surface area contributed by atoms with E-state index in [1.54, 1.807) is 24.8 Å². The van der Waals surface area contributed by atoms with E-state index in [-0.39, 0.29) is 17.5 Å². The van der Waals surface area contributed by atoms with Crippen molar-refractivity contribution < 1.29 is 13.9 Å². The highest BCUT2D eigenvalue weighted by atomic mass is 35.5. The van der Waals surface area contributed by atoms with Crippen molar-refractivity contribution in [3.63, 3.8) is 0 Å². The van der Waals surface area contributed by atoms with E-state index in [4.69, 9.17) is 16.3 Å². The van der Waals surface area contributed by atoms with Crippen molar-refractivity contribution in [2.24, 2.45) is 0 Å². The Morgan fingerprint density at radius 3 is 2.71 bits per heavy atom. The Hall–Kier alpha value is -3.14. The number of benzene rings is 2. The smallest absolute Gasteiger partial charge is 0.320 e. The Morgan fingerprint density at radius 1 is 1.24 bits per heavy atom. The van der Waals surface area contributed by atoms with Crippen molar-refractivity contribution in [1.29, 1.82) is 0 Å². The minimum absolute atomic E-state index is 0.167. The maximum absolute atomic E-state index is 14.1. The number of amides is 2. The van der Waals surface area contributed by atoms with E-state index in [0.717, 1.165) is 0 Å². The predicted molar refractivity (Wildman–Crippen MR) is 130 cm³/mol. The predicted octanol–water partition coefficient (Wildman–Crippen LogP) is 3.50. The maximum atomic E-state index is 14.1. The molecule has 2 atom stereocenters. The van der Waals surface area contributed by atoms with Crippen LogP contribution in [0.25, 0.3) is 5.69 Å². The SMILES string of the molecule is COCCN1C[C@@H](NC(=O)Nc2c(C)c(=O)[nH]n2-c2ccccc2)[C@H](c2cc(F)cc(Cl)c2)C1. The number of likely N-dealkylation sites (tertiary alicyclic amines) is 1. The number of H-pyrrole nitrogens is 1. The summed E-state index contributed by atoms with van der Waals surface area (Å²) in [5, 5.41) is 8.88. The molecule has 8 nitrogen and oxygen atoms in total. The molecule has 1 aliphatic rings. The van der Waals surface area contributed by atoms with Gasteiger partial charge in [0.15, 0.2) is 0 Å². The van der Waals surface area contributed by atoms with Gasteiger partial charge in [-0.2, -0.15) is 0 Å². The van der Waals surface area contributed by atoms with Gasteiger partial charge in [0, 0.05) is 37.7 Å². The van der Waals surface area contributed by atoms with Gasteiger partial charge in [-0.15, -0.1) is 0 Å². The molecule has 4 rings (SSSR count). The van der Waals surface area contributed by atoms with Crippen LogP contribution in [0.1, 0.15) is 17.0 Å². The highest BCUT2D eigenvalue weighted by molar-refractivity contribution is 6.30. The number of halogens is 2. The minimum atomic E-state index is -0.460. The Kier molecular flexibility index (Phi) is 7.35. The normalized spacial score (nSPS) is 18.2. The Labute approximate surface area is 201 Å². The number of hydrogen-bond donors (Lipinski definition) is 3. The van der Waals surface area contributed by atoms with Crippen molar-refractivity contribution in [2.45, 2.75) is 18.9 Å². The lowest BCUT2D eigenvalue weighted by atomic mass is 9.94. The van der Waals surface area contributed by atoms with E-state index in [0.29, 0.717) is 53.9 Å². The van der Waals surface area contributed by atoms with Crippen molar-refractivity contribution >= 4 is 23.4 Å². The first kappa shape index (κ1) is 24.0. The average Bonchev–Trinajstić information content (AvgIpc) is 3.33. The number of methoxy groups -OCH3 is 1. The molecule has 1 aliphatic heterocycles. The van der Waals surface area contributed by atoms with Gasteiger partial charge in [0.2, 0.25) is 0 Å². The second kappa shape index (κ2) is 10.4. The highest BCUT2D eigenvalue weighted by Gasteiger charge is 2.35. The third-order valence-electron chi connectivity index (χ3n) is 6.02. The zero-order valence-electron chi connectivity index (χ0n) is 19.0. The fourth-order valence-corrected chi connectivity index (χ4v) is 4.54. The number of aromatic amines is 1. The van der Waals surface area contributed by atoms with Crippen LogP contribution in [0.2, 0.25) is 5.02 Å². The van der Waals surface area contributed by atoms with Gasteiger partial charge in [0.05, 0.1) is 23.9 Å². The number of anilines is 1. The molecular formula is C24H27ClFN5O3. The molecule has 2 amide bonds.